The number of nitrogens with one attached hydrogen (secondary N) is 2. The van der Waals surface area contributed by atoms with Gasteiger partial charge in [0.1, 0.15) is 5.58 Å². The molecule has 1 unspecified atom stereocenters. The largest absolute Gasteiger partial charge is 0.493 e. The van der Waals surface area contributed by atoms with E-state index in [4.69, 9.17) is 18.6 Å². The van der Waals surface area contributed by atoms with Crippen LogP contribution >= 0.6 is 0 Å². The Balaban J connectivity index is 1.39. The van der Waals surface area contributed by atoms with Crippen molar-refractivity contribution in [3.05, 3.63) is 59.9 Å². The fourth-order valence-electron chi connectivity index (χ4n) is 5.80. The minimum absolute atomic E-state index is 0.118. The standard InChI is InChI=1S/C34H41N3O8/c1-3-43-33(41)34(19-23-10-11-23)20-24-12-13-27(42-2)28(17-24)44-21-31(39)35-14-16-37(15-6-9-30(38)36-22-34)32(40)29-18-25-7-4-5-8-26(25)45-29/h4-5,7-8,12-13,17-18,23H,3,6,9-11,14-16,19-22H2,1-2H3,(H,35,39)(H,36,38). The van der Waals surface area contributed by atoms with Gasteiger partial charge in [-0.05, 0) is 61.9 Å². The predicted octanol–water partition coefficient (Wildman–Crippen LogP) is 3.88. The van der Waals surface area contributed by atoms with Crippen molar-refractivity contribution in [3.8, 4) is 11.5 Å². The summed E-state index contributed by atoms with van der Waals surface area (Å²) in [7, 11) is 1.51. The summed E-state index contributed by atoms with van der Waals surface area (Å²) in [6.45, 7) is 2.50. The Morgan fingerprint density at radius 2 is 1.87 bits per heavy atom. The predicted molar refractivity (Wildman–Crippen MR) is 166 cm³/mol. The van der Waals surface area contributed by atoms with Crippen LogP contribution in [0, 0.1) is 11.3 Å². The summed E-state index contributed by atoms with van der Waals surface area (Å²) in [6.07, 6.45) is 3.48. The highest BCUT2D eigenvalue weighted by Crippen LogP contribution is 2.43. The first kappa shape index (κ1) is 31.9. The molecule has 45 heavy (non-hydrogen) atoms. The summed E-state index contributed by atoms with van der Waals surface area (Å²) in [6, 6.07) is 14.4. The first-order valence-corrected chi connectivity index (χ1v) is 15.6. The number of hydrogen-bond acceptors (Lipinski definition) is 8. The van der Waals surface area contributed by atoms with Gasteiger partial charge in [-0.15, -0.1) is 0 Å². The quantitative estimate of drug-likeness (QED) is 0.397. The number of benzene rings is 2. The number of amides is 3. The minimum atomic E-state index is -0.981. The number of rotatable bonds is 6. The van der Waals surface area contributed by atoms with Gasteiger partial charge in [0.2, 0.25) is 5.91 Å². The van der Waals surface area contributed by atoms with Crippen LogP contribution in [0.25, 0.3) is 11.0 Å². The van der Waals surface area contributed by atoms with Gasteiger partial charge in [0.05, 0.1) is 19.1 Å². The smallest absolute Gasteiger partial charge is 0.314 e. The zero-order chi connectivity index (χ0) is 31.8. The lowest BCUT2D eigenvalue weighted by molar-refractivity contribution is -0.156. The zero-order valence-electron chi connectivity index (χ0n) is 25.9. The molecule has 1 fully saturated rings. The van der Waals surface area contributed by atoms with Crippen molar-refractivity contribution in [2.45, 2.75) is 45.4 Å². The monoisotopic (exact) mass is 619 g/mol. The van der Waals surface area contributed by atoms with Gasteiger partial charge in [-0.2, -0.15) is 0 Å². The summed E-state index contributed by atoms with van der Waals surface area (Å²) in [5.41, 5.74) is 0.419. The number of para-hydroxylation sites is 1. The van der Waals surface area contributed by atoms with Crippen LogP contribution in [0.2, 0.25) is 0 Å². The van der Waals surface area contributed by atoms with Crippen LogP contribution in [0.1, 0.15) is 55.1 Å². The van der Waals surface area contributed by atoms with E-state index in [0.29, 0.717) is 42.3 Å². The SMILES string of the molecule is CCOC(=O)C1(CC2CC2)CNC(=O)CCCN(C(=O)c2cc3ccccc3o2)CCNC(=O)COc2cc(ccc2OC)C1. The van der Waals surface area contributed by atoms with Crippen molar-refractivity contribution in [1.29, 1.82) is 0 Å². The fraction of sp³-hybridized carbons (Fsp3) is 0.471. The van der Waals surface area contributed by atoms with E-state index in [0.717, 1.165) is 23.8 Å². The van der Waals surface area contributed by atoms with Crippen LogP contribution in [0.15, 0.2) is 52.9 Å². The van der Waals surface area contributed by atoms with Crippen molar-refractivity contribution < 1.29 is 37.8 Å². The van der Waals surface area contributed by atoms with Crippen LogP contribution in [0.4, 0.5) is 0 Å². The van der Waals surface area contributed by atoms with E-state index < -0.39 is 5.41 Å². The highest BCUT2D eigenvalue weighted by atomic mass is 16.5. The lowest BCUT2D eigenvalue weighted by atomic mass is 9.76. The molecule has 3 aromatic rings. The average Bonchev–Trinajstić information content (AvgIpc) is 3.74. The maximum absolute atomic E-state index is 13.6. The Morgan fingerprint density at radius 3 is 2.62 bits per heavy atom. The normalized spacial score (nSPS) is 20.3. The van der Waals surface area contributed by atoms with E-state index in [1.54, 1.807) is 36.1 Å². The second kappa shape index (κ2) is 14.5. The highest BCUT2D eigenvalue weighted by Gasteiger charge is 2.45. The molecule has 1 aliphatic carbocycles. The van der Waals surface area contributed by atoms with Gasteiger partial charge in [0.25, 0.3) is 11.8 Å². The number of nitrogens with zero attached hydrogens (tertiary/aromatic N) is 1. The fourth-order valence-corrected chi connectivity index (χ4v) is 5.80. The van der Waals surface area contributed by atoms with Crippen molar-refractivity contribution in [2.75, 3.05) is 46.5 Å². The van der Waals surface area contributed by atoms with Crippen molar-refractivity contribution in [2.24, 2.45) is 11.3 Å². The van der Waals surface area contributed by atoms with E-state index in [1.165, 1.54) is 7.11 Å². The van der Waals surface area contributed by atoms with Crippen molar-refractivity contribution in [3.63, 3.8) is 0 Å². The molecule has 1 saturated carbocycles. The number of ether oxygens (including phenoxy) is 3. The topological polar surface area (TPSA) is 136 Å². The number of carbonyl (C=O) groups excluding carboxylic acids is 4. The van der Waals surface area contributed by atoms with Crippen LogP contribution in [0.5, 0.6) is 11.5 Å². The van der Waals surface area contributed by atoms with Gasteiger partial charge in [-0.3, -0.25) is 19.2 Å². The zero-order valence-corrected chi connectivity index (χ0v) is 25.9. The minimum Gasteiger partial charge on any atom is -0.493 e. The lowest BCUT2D eigenvalue weighted by Crippen LogP contribution is -2.46. The van der Waals surface area contributed by atoms with Gasteiger partial charge < -0.3 is 34.2 Å². The molecular weight excluding hydrogens is 578 g/mol. The molecule has 5 rings (SSSR count). The molecule has 11 heteroatoms. The van der Waals surface area contributed by atoms with E-state index >= 15 is 0 Å². The summed E-state index contributed by atoms with van der Waals surface area (Å²) in [5.74, 6) is 0.0912. The molecule has 2 aliphatic rings. The molecule has 1 atom stereocenters. The number of methoxy groups -OCH3 is 1. The third-order valence-corrected chi connectivity index (χ3v) is 8.30. The van der Waals surface area contributed by atoms with Crippen LogP contribution in [-0.4, -0.2) is 75.1 Å². The van der Waals surface area contributed by atoms with Crippen LogP contribution < -0.4 is 20.1 Å². The second-order valence-corrected chi connectivity index (χ2v) is 11.8. The number of hydrogen-bond donors (Lipinski definition) is 2. The lowest BCUT2D eigenvalue weighted by Gasteiger charge is -2.32. The molecule has 2 aromatic carbocycles. The van der Waals surface area contributed by atoms with Crippen molar-refractivity contribution in [1.82, 2.24) is 15.5 Å². The summed E-state index contributed by atoms with van der Waals surface area (Å²) in [5, 5.41) is 6.62. The van der Waals surface area contributed by atoms with Gasteiger partial charge >= 0.3 is 5.97 Å². The summed E-state index contributed by atoms with van der Waals surface area (Å²) < 4.78 is 22.7. The van der Waals surface area contributed by atoms with Crippen LogP contribution in [0.3, 0.4) is 0 Å². The van der Waals surface area contributed by atoms with Crippen LogP contribution in [-0.2, 0) is 25.5 Å². The first-order valence-electron chi connectivity index (χ1n) is 15.6. The first-order chi connectivity index (χ1) is 21.8. The van der Waals surface area contributed by atoms with E-state index in [-0.39, 0.29) is 75.3 Å². The third-order valence-electron chi connectivity index (χ3n) is 8.30. The van der Waals surface area contributed by atoms with Gasteiger partial charge in [-0.25, -0.2) is 0 Å². The summed E-state index contributed by atoms with van der Waals surface area (Å²) >= 11 is 0. The van der Waals surface area contributed by atoms with Gasteiger partial charge in [0, 0.05) is 38.0 Å². The molecule has 1 aliphatic heterocycles. The molecule has 0 radical (unpaired) electrons. The Labute approximate surface area is 262 Å². The Kier molecular flexibility index (Phi) is 10.3. The second-order valence-electron chi connectivity index (χ2n) is 11.8. The third kappa shape index (κ3) is 8.14. The molecule has 240 valence electrons. The van der Waals surface area contributed by atoms with E-state index in [1.807, 2.05) is 24.3 Å². The molecule has 0 saturated heterocycles. The van der Waals surface area contributed by atoms with Gasteiger partial charge in [0.15, 0.2) is 23.9 Å². The molecular formula is C34H41N3O8. The van der Waals surface area contributed by atoms with E-state index in [2.05, 4.69) is 10.6 Å². The number of carbonyl (C=O) groups is 4. The summed E-state index contributed by atoms with van der Waals surface area (Å²) in [4.78, 5) is 54.5. The molecule has 2 bridgehead atoms. The molecule has 11 nitrogen and oxygen atoms in total. The Morgan fingerprint density at radius 1 is 1.04 bits per heavy atom. The highest BCUT2D eigenvalue weighted by molar-refractivity contribution is 5.96. The maximum Gasteiger partial charge on any atom is 0.314 e. The molecule has 0 spiro atoms. The maximum atomic E-state index is 13.6. The van der Waals surface area contributed by atoms with E-state index in [9.17, 15) is 19.2 Å². The molecule has 1 aromatic heterocycles. The van der Waals surface area contributed by atoms with Gasteiger partial charge in [-0.1, -0.05) is 37.1 Å². The van der Waals surface area contributed by atoms with Crippen molar-refractivity contribution >= 4 is 34.7 Å². The molecule has 2 heterocycles. The molecule has 3 amide bonds. The Hall–Kier alpha value is -4.54. The number of esters is 1. The number of fused-ring (bicyclic) bond motifs is 3. The Bertz CT molecular complexity index is 1500. The number of furan rings is 1. The average molecular weight is 620 g/mol. The molecule has 2 N–H and O–H groups in total.